The minimum atomic E-state index is -2.87. The first-order chi connectivity index (χ1) is 10.5. The van der Waals surface area contributed by atoms with Crippen molar-refractivity contribution in [1.29, 1.82) is 0 Å². The third-order valence-electron chi connectivity index (χ3n) is 2.83. The summed E-state index contributed by atoms with van der Waals surface area (Å²) in [4.78, 5) is 4.08. The van der Waals surface area contributed by atoms with Crippen LogP contribution in [0.3, 0.4) is 0 Å². The highest BCUT2D eigenvalue weighted by atomic mass is 19.3. The molecule has 0 aliphatic carbocycles. The van der Waals surface area contributed by atoms with Crippen molar-refractivity contribution >= 4 is 5.96 Å². The Morgan fingerprint density at radius 1 is 1.27 bits per heavy atom. The van der Waals surface area contributed by atoms with Crippen molar-refractivity contribution in [3.05, 3.63) is 23.8 Å². The second-order valence-electron chi connectivity index (χ2n) is 5.05. The van der Waals surface area contributed by atoms with Gasteiger partial charge >= 0.3 is 6.61 Å². The van der Waals surface area contributed by atoms with Gasteiger partial charge in [0.2, 0.25) is 0 Å². The summed E-state index contributed by atoms with van der Waals surface area (Å²) < 4.78 is 34.5. The van der Waals surface area contributed by atoms with Gasteiger partial charge in [0.25, 0.3) is 0 Å². The van der Waals surface area contributed by atoms with Gasteiger partial charge in [0, 0.05) is 25.7 Å². The van der Waals surface area contributed by atoms with E-state index in [0.29, 0.717) is 23.2 Å². The number of ether oxygens (including phenoxy) is 2. The molecule has 0 unspecified atom stereocenters. The molecule has 2 N–H and O–H groups in total. The molecule has 0 heterocycles. The molecule has 124 valence electrons. The fraction of sp³-hybridized carbons (Fsp3) is 0.533. The number of alkyl halides is 2. The molecule has 0 aliphatic rings. The van der Waals surface area contributed by atoms with E-state index >= 15 is 0 Å². The van der Waals surface area contributed by atoms with Gasteiger partial charge in [0.15, 0.2) is 5.96 Å². The van der Waals surface area contributed by atoms with Crippen LogP contribution in [-0.4, -0.2) is 33.3 Å². The van der Waals surface area contributed by atoms with Crippen molar-refractivity contribution in [2.24, 2.45) is 10.9 Å². The van der Waals surface area contributed by atoms with Crippen LogP contribution in [-0.2, 0) is 6.54 Å². The van der Waals surface area contributed by atoms with Gasteiger partial charge in [-0.05, 0) is 24.1 Å². The van der Waals surface area contributed by atoms with Crippen LogP contribution in [0.25, 0.3) is 0 Å². The quantitative estimate of drug-likeness (QED) is 0.600. The Morgan fingerprint density at radius 3 is 2.55 bits per heavy atom. The molecule has 5 nitrogen and oxygen atoms in total. The average Bonchev–Trinajstić information content (AvgIpc) is 2.48. The molecule has 0 bridgehead atoms. The van der Waals surface area contributed by atoms with E-state index < -0.39 is 6.61 Å². The van der Waals surface area contributed by atoms with E-state index in [2.05, 4.69) is 34.2 Å². The van der Waals surface area contributed by atoms with Crippen molar-refractivity contribution in [1.82, 2.24) is 10.6 Å². The van der Waals surface area contributed by atoms with E-state index in [4.69, 9.17) is 4.74 Å². The van der Waals surface area contributed by atoms with Gasteiger partial charge in [0.05, 0.1) is 7.11 Å². The zero-order valence-electron chi connectivity index (χ0n) is 13.3. The Bertz CT molecular complexity index is 494. The summed E-state index contributed by atoms with van der Waals surface area (Å²) in [7, 11) is 3.17. The number of methoxy groups -OCH3 is 1. The van der Waals surface area contributed by atoms with E-state index in [1.54, 1.807) is 19.2 Å². The van der Waals surface area contributed by atoms with Crippen molar-refractivity contribution in [2.75, 3.05) is 20.7 Å². The molecule has 0 aromatic heterocycles. The number of benzene rings is 1. The molecule has 0 radical (unpaired) electrons. The zero-order valence-corrected chi connectivity index (χ0v) is 13.3. The lowest BCUT2D eigenvalue weighted by atomic mass is 10.2. The molecule has 22 heavy (non-hydrogen) atoms. The molecule has 0 fully saturated rings. The summed E-state index contributed by atoms with van der Waals surface area (Å²) in [5, 5.41) is 6.21. The lowest BCUT2D eigenvalue weighted by Crippen LogP contribution is -2.38. The Balaban J connectivity index is 2.76. The first-order valence-corrected chi connectivity index (χ1v) is 7.02. The smallest absolute Gasteiger partial charge is 0.387 e. The minimum absolute atomic E-state index is 0.114. The number of nitrogens with one attached hydrogen (secondary N) is 2. The molecule has 0 saturated carbocycles. The highest BCUT2D eigenvalue weighted by Crippen LogP contribution is 2.25. The number of halogens is 2. The number of hydrogen-bond acceptors (Lipinski definition) is 3. The molecule has 0 saturated heterocycles. The lowest BCUT2D eigenvalue weighted by Gasteiger charge is -2.16. The average molecular weight is 315 g/mol. The predicted octanol–water partition coefficient (Wildman–Crippen LogP) is 2.62. The maximum atomic E-state index is 12.4. The number of guanidine groups is 1. The molecule has 1 aromatic rings. The first-order valence-electron chi connectivity index (χ1n) is 7.02. The van der Waals surface area contributed by atoms with Gasteiger partial charge in [-0.2, -0.15) is 8.78 Å². The van der Waals surface area contributed by atoms with Gasteiger partial charge in [0.1, 0.15) is 11.5 Å². The Morgan fingerprint density at radius 2 is 2.00 bits per heavy atom. The van der Waals surface area contributed by atoms with Gasteiger partial charge in [-0.25, -0.2) is 0 Å². The highest BCUT2D eigenvalue weighted by molar-refractivity contribution is 5.79. The van der Waals surface area contributed by atoms with Crippen molar-refractivity contribution in [2.45, 2.75) is 27.0 Å². The van der Waals surface area contributed by atoms with E-state index in [1.807, 2.05) is 0 Å². The van der Waals surface area contributed by atoms with Crippen LogP contribution in [0, 0.1) is 5.92 Å². The topological polar surface area (TPSA) is 54.9 Å². The second kappa shape index (κ2) is 9.07. The van der Waals surface area contributed by atoms with Crippen LogP contribution >= 0.6 is 0 Å². The van der Waals surface area contributed by atoms with Crippen LogP contribution in [0.15, 0.2) is 23.2 Å². The van der Waals surface area contributed by atoms with Crippen molar-refractivity contribution < 1.29 is 18.3 Å². The number of aliphatic imine (C=N–C) groups is 1. The third kappa shape index (κ3) is 6.15. The summed E-state index contributed by atoms with van der Waals surface area (Å²) in [6, 6.07) is 4.69. The maximum absolute atomic E-state index is 12.4. The zero-order chi connectivity index (χ0) is 16.5. The Kier molecular flexibility index (Phi) is 7.42. The fourth-order valence-corrected chi connectivity index (χ4v) is 1.73. The van der Waals surface area contributed by atoms with E-state index in [-0.39, 0.29) is 12.3 Å². The van der Waals surface area contributed by atoms with Crippen molar-refractivity contribution in [3.63, 3.8) is 0 Å². The summed E-state index contributed by atoms with van der Waals surface area (Å²) >= 11 is 0. The molecule has 1 rings (SSSR count). The Labute approximate surface area is 129 Å². The van der Waals surface area contributed by atoms with Crippen LogP contribution in [0.2, 0.25) is 0 Å². The van der Waals surface area contributed by atoms with E-state index in [0.717, 1.165) is 6.54 Å². The van der Waals surface area contributed by atoms with Crippen molar-refractivity contribution in [3.8, 4) is 11.5 Å². The van der Waals surface area contributed by atoms with E-state index in [9.17, 15) is 8.78 Å². The molecule has 1 aromatic carbocycles. The monoisotopic (exact) mass is 315 g/mol. The van der Waals surface area contributed by atoms with Gasteiger partial charge in [-0.15, -0.1) is 0 Å². The SMILES string of the molecule is CN=C(NCc1cc(OC)ccc1OC(F)F)NCC(C)C. The first kappa shape index (κ1) is 18.0. The number of nitrogens with zero attached hydrogens (tertiary/aromatic N) is 1. The molecule has 0 atom stereocenters. The minimum Gasteiger partial charge on any atom is -0.497 e. The van der Waals surface area contributed by atoms with Gasteiger partial charge < -0.3 is 20.1 Å². The maximum Gasteiger partial charge on any atom is 0.387 e. The van der Waals surface area contributed by atoms with E-state index in [1.165, 1.54) is 13.2 Å². The van der Waals surface area contributed by atoms with Gasteiger partial charge in [-0.3, -0.25) is 4.99 Å². The van der Waals surface area contributed by atoms with Gasteiger partial charge in [-0.1, -0.05) is 13.8 Å². The lowest BCUT2D eigenvalue weighted by molar-refractivity contribution is -0.0504. The van der Waals surface area contributed by atoms with Crippen LogP contribution in [0.1, 0.15) is 19.4 Å². The molecule has 0 spiro atoms. The standard InChI is InChI=1S/C15H23F2N3O2/c1-10(2)8-19-15(18-3)20-9-11-7-12(21-4)5-6-13(11)22-14(16)17/h5-7,10,14H,8-9H2,1-4H3,(H2,18,19,20). The van der Waals surface area contributed by atoms with Crippen LogP contribution in [0.5, 0.6) is 11.5 Å². The summed E-state index contributed by atoms with van der Waals surface area (Å²) in [6.07, 6.45) is 0. The fourth-order valence-electron chi connectivity index (χ4n) is 1.73. The third-order valence-corrected chi connectivity index (χ3v) is 2.83. The Hall–Kier alpha value is -2.05. The molecular weight excluding hydrogens is 292 g/mol. The van der Waals surface area contributed by atoms with Crippen LogP contribution in [0.4, 0.5) is 8.78 Å². The molecule has 0 aliphatic heterocycles. The predicted molar refractivity (Wildman–Crippen MR) is 82.7 cm³/mol. The molecule has 7 heteroatoms. The summed E-state index contributed by atoms with van der Waals surface area (Å²) in [5.74, 6) is 1.75. The molecule has 0 amide bonds. The number of hydrogen-bond donors (Lipinski definition) is 2. The van der Waals surface area contributed by atoms with Crippen LogP contribution < -0.4 is 20.1 Å². The largest absolute Gasteiger partial charge is 0.497 e. The summed E-state index contributed by atoms with van der Waals surface area (Å²) in [6.45, 7) is 2.34. The second-order valence-corrected chi connectivity index (χ2v) is 5.05. The summed E-state index contributed by atoms with van der Waals surface area (Å²) in [5.41, 5.74) is 0.562. The molecular formula is C15H23F2N3O2. The number of rotatable bonds is 7. The highest BCUT2D eigenvalue weighted by Gasteiger charge is 2.11. The normalized spacial score (nSPS) is 11.7.